The van der Waals surface area contributed by atoms with Crippen LogP contribution in [0.4, 0.5) is 5.69 Å². The molecule has 4 rings (SSSR count). The van der Waals surface area contributed by atoms with Crippen LogP contribution in [0.1, 0.15) is 31.9 Å². The number of hydrogen-bond acceptors (Lipinski definition) is 6. The number of rotatable bonds is 16. The Hall–Kier alpha value is -3.80. The highest BCUT2D eigenvalue weighted by atomic mass is 79.9. The van der Waals surface area contributed by atoms with Gasteiger partial charge < -0.3 is 15.0 Å². The highest BCUT2D eigenvalue weighted by Gasteiger charge is 2.34. The molecule has 254 valence electrons. The smallest absolute Gasteiger partial charge is 0.264 e. The third-order valence-corrected chi connectivity index (χ3v) is 10.6. The highest BCUT2D eigenvalue weighted by Crippen LogP contribution is 2.28. The maximum Gasteiger partial charge on any atom is 0.264 e. The van der Waals surface area contributed by atoms with Crippen molar-refractivity contribution in [2.45, 2.75) is 49.6 Å². The number of nitrogens with zero attached hydrogens (tertiary/aromatic N) is 2. The fourth-order valence-corrected chi connectivity index (χ4v) is 7.13. The Labute approximate surface area is 297 Å². The summed E-state index contributed by atoms with van der Waals surface area (Å²) < 4.78 is 36.2. The van der Waals surface area contributed by atoms with E-state index < -0.39 is 28.5 Å². The number of hydrogen-bond donors (Lipinski definition) is 1. The van der Waals surface area contributed by atoms with Crippen molar-refractivity contribution in [3.05, 3.63) is 119 Å². The second-order valence-electron chi connectivity index (χ2n) is 11.6. The Balaban J connectivity index is 1.79. The van der Waals surface area contributed by atoms with Gasteiger partial charge in [0, 0.05) is 28.9 Å². The molecule has 0 aliphatic carbocycles. The number of nitrogens with one attached hydrogen (secondary N) is 1. The molecule has 2 amide bonds. The minimum Gasteiger partial charge on any atom is -0.494 e. The van der Waals surface area contributed by atoms with Crippen molar-refractivity contribution < 1.29 is 22.7 Å². The molecular weight excluding hydrogens is 710 g/mol. The first kappa shape index (κ1) is 37.0. The van der Waals surface area contributed by atoms with Gasteiger partial charge in [-0.05, 0) is 90.9 Å². The maximum absolute atomic E-state index is 14.6. The average molecular weight is 753 g/mol. The molecule has 0 saturated carbocycles. The lowest BCUT2D eigenvalue weighted by molar-refractivity contribution is -0.140. The van der Waals surface area contributed by atoms with E-state index in [1.54, 1.807) is 48.5 Å². The van der Waals surface area contributed by atoms with Crippen LogP contribution in [0.15, 0.2) is 117 Å². The van der Waals surface area contributed by atoms with Gasteiger partial charge in [0.25, 0.3) is 10.0 Å². The molecule has 0 saturated heterocycles. The summed E-state index contributed by atoms with van der Waals surface area (Å²) >= 11 is 4.97. The number of carbonyl (C=O) groups is 2. The molecule has 11 heteroatoms. The van der Waals surface area contributed by atoms with Crippen LogP contribution in [-0.2, 0) is 32.6 Å². The number of sulfonamides is 1. The molecule has 48 heavy (non-hydrogen) atoms. The molecule has 0 aliphatic rings. The largest absolute Gasteiger partial charge is 0.494 e. The molecule has 1 atom stereocenters. The van der Waals surface area contributed by atoms with Gasteiger partial charge in [-0.25, -0.2) is 8.42 Å². The predicted molar refractivity (Wildman–Crippen MR) is 197 cm³/mol. The van der Waals surface area contributed by atoms with E-state index in [1.807, 2.05) is 81.6 Å². The van der Waals surface area contributed by atoms with Gasteiger partial charge in [0.2, 0.25) is 11.8 Å². The topological polar surface area (TPSA) is 96.0 Å². The van der Waals surface area contributed by atoms with E-state index in [0.29, 0.717) is 24.6 Å². The molecule has 4 aromatic carbocycles. The molecule has 0 spiro atoms. The Morgan fingerprint density at radius 1 is 0.875 bits per heavy atom. The zero-order valence-electron chi connectivity index (χ0n) is 27.6. The molecule has 8 nitrogen and oxygen atoms in total. The van der Waals surface area contributed by atoms with E-state index >= 15 is 0 Å². The number of ether oxygens (including phenoxy) is 1. The molecule has 0 radical (unpaired) electrons. The van der Waals surface area contributed by atoms with Crippen LogP contribution in [0.5, 0.6) is 5.75 Å². The fraction of sp³-hybridized carbons (Fsp3) is 0.297. The van der Waals surface area contributed by atoms with Crippen molar-refractivity contribution in [1.29, 1.82) is 0 Å². The van der Waals surface area contributed by atoms with Crippen molar-refractivity contribution in [3.63, 3.8) is 0 Å². The van der Waals surface area contributed by atoms with Crippen LogP contribution < -0.4 is 14.4 Å². The first-order valence-corrected chi connectivity index (χ1v) is 19.2. The lowest BCUT2D eigenvalue weighted by Crippen LogP contribution is -2.53. The molecule has 0 aromatic heterocycles. The molecule has 0 fully saturated rings. The summed E-state index contributed by atoms with van der Waals surface area (Å²) in [4.78, 5) is 31.0. The third kappa shape index (κ3) is 10.1. The summed E-state index contributed by atoms with van der Waals surface area (Å²) in [5.74, 6) is -0.0477. The van der Waals surface area contributed by atoms with E-state index in [4.69, 9.17) is 4.74 Å². The second-order valence-corrected chi connectivity index (χ2v) is 15.3. The standard InChI is InChI=1S/C37H42BrN3O5S2/c1-5-46-32-17-15-31(16-18-32)41(48(44,45)34-21-19-33(47-4)20-22-34)26-36(42)40(25-29-11-13-30(38)14-12-29)35(37(43)39-24-27(2)3)23-28-9-7-6-8-10-28/h6-22,27,35H,5,23-26H2,1-4H3,(H,39,43)/t35-/m1/s1. The van der Waals surface area contributed by atoms with Crippen molar-refractivity contribution >= 4 is 55.2 Å². The summed E-state index contributed by atoms with van der Waals surface area (Å²) in [7, 11) is -4.21. The van der Waals surface area contributed by atoms with Gasteiger partial charge >= 0.3 is 0 Å². The van der Waals surface area contributed by atoms with Crippen LogP contribution >= 0.6 is 27.7 Å². The zero-order chi connectivity index (χ0) is 34.7. The number of halogens is 1. The first-order valence-electron chi connectivity index (χ1n) is 15.8. The summed E-state index contributed by atoms with van der Waals surface area (Å²) in [6.07, 6.45) is 2.16. The Kier molecular flexibility index (Phi) is 13.5. The Morgan fingerprint density at radius 2 is 1.52 bits per heavy atom. The van der Waals surface area contributed by atoms with Crippen LogP contribution in [0.3, 0.4) is 0 Å². The lowest BCUT2D eigenvalue weighted by atomic mass is 10.0. The number of benzene rings is 4. The van der Waals surface area contributed by atoms with Gasteiger partial charge in [0.1, 0.15) is 18.3 Å². The molecular formula is C37H42BrN3O5S2. The van der Waals surface area contributed by atoms with Gasteiger partial charge in [-0.2, -0.15) is 0 Å². The SMILES string of the molecule is CCOc1ccc(N(CC(=O)N(Cc2ccc(Br)cc2)[C@H](Cc2ccccc2)C(=O)NCC(C)C)S(=O)(=O)c2ccc(SC)cc2)cc1. The van der Waals surface area contributed by atoms with Crippen LogP contribution in [0, 0.1) is 5.92 Å². The zero-order valence-corrected chi connectivity index (χ0v) is 30.9. The van der Waals surface area contributed by atoms with Gasteiger partial charge in [-0.15, -0.1) is 11.8 Å². The minimum absolute atomic E-state index is 0.0527. The maximum atomic E-state index is 14.6. The molecule has 0 aliphatic heterocycles. The fourth-order valence-electron chi connectivity index (χ4n) is 5.04. The van der Waals surface area contributed by atoms with Gasteiger partial charge in [0.15, 0.2) is 0 Å². The molecule has 0 heterocycles. The van der Waals surface area contributed by atoms with E-state index in [-0.39, 0.29) is 29.7 Å². The molecule has 1 N–H and O–H groups in total. The summed E-state index contributed by atoms with van der Waals surface area (Å²) in [5, 5.41) is 3.01. The summed E-state index contributed by atoms with van der Waals surface area (Å²) in [6.45, 7) is 6.32. The quantitative estimate of drug-likeness (QED) is 0.122. The van der Waals surface area contributed by atoms with Crippen molar-refractivity contribution in [3.8, 4) is 5.75 Å². The lowest BCUT2D eigenvalue weighted by Gasteiger charge is -2.34. The van der Waals surface area contributed by atoms with E-state index in [1.165, 1.54) is 16.7 Å². The van der Waals surface area contributed by atoms with Gasteiger partial charge in [0.05, 0.1) is 17.2 Å². The number of anilines is 1. The molecule has 0 bridgehead atoms. The number of amides is 2. The van der Waals surface area contributed by atoms with Gasteiger partial charge in [-0.1, -0.05) is 72.2 Å². The average Bonchev–Trinajstić information content (AvgIpc) is 3.09. The number of thioether (sulfide) groups is 1. The van der Waals surface area contributed by atoms with Crippen molar-refractivity contribution in [2.75, 3.05) is 30.3 Å². The van der Waals surface area contributed by atoms with Gasteiger partial charge in [-0.3, -0.25) is 13.9 Å². The van der Waals surface area contributed by atoms with Crippen LogP contribution in [0.25, 0.3) is 0 Å². The van der Waals surface area contributed by atoms with Crippen molar-refractivity contribution in [2.24, 2.45) is 5.92 Å². The van der Waals surface area contributed by atoms with E-state index in [2.05, 4.69) is 21.2 Å². The predicted octanol–water partition coefficient (Wildman–Crippen LogP) is 7.18. The Bertz CT molecular complexity index is 1730. The summed E-state index contributed by atoms with van der Waals surface area (Å²) in [5.41, 5.74) is 1.97. The second kappa shape index (κ2) is 17.6. The monoisotopic (exact) mass is 751 g/mol. The molecule has 0 unspecified atom stereocenters. The normalized spacial score (nSPS) is 12.0. The van der Waals surface area contributed by atoms with E-state index in [9.17, 15) is 18.0 Å². The highest BCUT2D eigenvalue weighted by molar-refractivity contribution is 9.10. The third-order valence-electron chi connectivity index (χ3n) is 7.58. The first-order chi connectivity index (χ1) is 23.0. The van der Waals surface area contributed by atoms with Crippen molar-refractivity contribution in [1.82, 2.24) is 10.2 Å². The summed E-state index contributed by atoms with van der Waals surface area (Å²) in [6, 6.07) is 29.3. The Morgan fingerprint density at radius 3 is 2.10 bits per heavy atom. The number of carbonyl (C=O) groups excluding carboxylic acids is 2. The van der Waals surface area contributed by atoms with Crippen LogP contribution in [-0.4, -0.2) is 57.1 Å². The van der Waals surface area contributed by atoms with Crippen LogP contribution in [0.2, 0.25) is 0 Å². The minimum atomic E-state index is -4.21. The molecule has 4 aromatic rings. The van der Waals surface area contributed by atoms with E-state index in [0.717, 1.165) is 24.8 Å².